The number of nitrogens with one attached hydrogen (secondary N) is 1. The molecular formula is C34H68F6NO4PS2. The first kappa shape index (κ1) is 50.0. The van der Waals surface area contributed by atoms with Gasteiger partial charge in [-0.3, -0.25) is 0 Å². The Kier molecular flexibility index (Phi) is 32.9. The van der Waals surface area contributed by atoms with Crippen molar-refractivity contribution in [2.45, 2.75) is 205 Å². The van der Waals surface area contributed by atoms with Gasteiger partial charge in [0.15, 0.2) is 0 Å². The van der Waals surface area contributed by atoms with Crippen LogP contribution in [0.15, 0.2) is 0 Å². The largest absolute Gasteiger partial charge is 0.512 e. The van der Waals surface area contributed by atoms with Crippen LogP contribution in [0.2, 0.25) is 0 Å². The number of halogens is 6. The second-order valence-electron chi connectivity index (χ2n) is 12.9. The first-order valence-electron chi connectivity index (χ1n) is 18.7. The lowest BCUT2D eigenvalue weighted by molar-refractivity contribution is -0.0476. The van der Waals surface area contributed by atoms with Crippen LogP contribution < -0.4 is 4.13 Å². The highest BCUT2D eigenvalue weighted by atomic mass is 32.3. The Morgan fingerprint density at radius 2 is 0.562 bits per heavy atom. The van der Waals surface area contributed by atoms with E-state index in [4.69, 9.17) is 0 Å². The zero-order valence-corrected chi connectivity index (χ0v) is 32.6. The van der Waals surface area contributed by atoms with Crippen LogP contribution in [0.25, 0.3) is 0 Å². The molecule has 0 aliphatic heterocycles. The molecule has 0 heterocycles. The number of sulfonamides is 2. The Hall–Kier alpha value is -0.130. The molecule has 0 saturated heterocycles. The molecule has 0 aromatic rings. The van der Waals surface area contributed by atoms with Crippen molar-refractivity contribution in [1.29, 1.82) is 0 Å². The van der Waals surface area contributed by atoms with E-state index in [1.165, 1.54) is 201 Å². The minimum atomic E-state index is -6.60. The highest BCUT2D eigenvalue weighted by Gasteiger charge is 2.55. The molecule has 5 nitrogen and oxygen atoms in total. The van der Waals surface area contributed by atoms with Crippen LogP contribution in [0.3, 0.4) is 0 Å². The van der Waals surface area contributed by atoms with E-state index in [2.05, 4.69) is 13.8 Å². The summed E-state index contributed by atoms with van der Waals surface area (Å²) in [7, 11) is -11.9. The van der Waals surface area contributed by atoms with Gasteiger partial charge in [0.05, 0.1) is 0 Å². The Balaban J connectivity index is 0. The van der Waals surface area contributed by atoms with Crippen molar-refractivity contribution in [2.75, 3.05) is 12.3 Å². The molecule has 0 bridgehead atoms. The maximum atomic E-state index is 11.5. The van der Waals surface area contributed by atoms with Gasteiger partial charge in [-0.15, -0.1) is 8.58 Å². The zero-order chi connectivity index (χ0) is 36.6. The minimum absolute atomic E-state index is 0.493. The van der Waals surface area contributed by atoms with Gasteiger partial charge in [0.1, 0.15) is 0 Å². The van der Waals surface area contributed by atoms with Gasteiger partial charge in [0.2, 0.25) is 0 Å². The van der Waals surface area contributed by atoms with Crippen LogP contribution in [0.1, 0.15) is 194 Å². The standard InChI is InChI=1S/C32H67P.C2HF6NO4S2/c1-3-5-7-9-11-13-15-17-18-19-20-22-24-26-28-30-32-33-31-29-27-25-23-21-16-14-12-10-8-6-4-2;3-1(4,5)14(10,11)9-15(12,13)2(6,7)8/h33H,3-32H2,1-2H3;9H. The summed E-state index contributed by atoms with van der Waals surface area (Å²) in [5.41, 5.74) is -12.3. The number of alkyl halides is 6. The molecular weight excluding hydrogens is 695 g/mol. The fourth-order valence-corrected chi connectivity index (χ4v) is 8.41. The molecule has 0 rings (SSSR count). The number of unbranched alkanes of at least 4 members (excludes halogenated alkanes) is 26. The van der Waals surface area contributed by atoms with Crippen LogP contribution in [0, 0.1) is 0 Å². The van der Waals surface area contributed by atoms with Crippen molar-refractivity contribution in [2.24, 2.45) is 0 Å². The fraction of sp³-hybridized carbons (Fsp3) is 1.00. The van der Waals surface area contributed by atoms with Crippen LogP contribution >= 0.6 is 8.58 Å². The third-order valence-electron chi connectivity index (χ3n) is 8.24. The first-order chi connectivity index (χ1) is 22.6. The third-order valence-corrected chi connectivity index (χ3v) is 12.6. The molecule has 0 radical (unpaired) electrons. The molecule has 0 aliphatic carbocycles. The van der Waals surface area contributed by atoms with Gasteiger partial charge >= 0.3 is 31.1 Å². The first-order valence-corrected chi connectivity index (χ1v) is 23.1. The highest BCUT2D eigenvalue weighted by Crippen LogP contribution is 2.27. The van der Waals surface area contributed by atoms with Crippen LogP contribution in [0.4, 0.5) is 26.3 Å². The molecule has 1 N–H and O–H groups in total. The lowest BCUT2D eigenvalue weighted by Crippen LogP contribution is -2.45. The molecule has 0 spiro atoms. The van der Waals surface area contributed by atoms with E-state index in [9.17, 15) is 43.2 Å². The summed E-state index contributed by atoms with van der Waals surface area (Å²) in [6.45, 7) is 4.61. The molecule has 1 unspecified atom stereocenters. The molecule has 0 fully saturated rings. The third kappa shape index (κ3) is 31.8. The summed E-state index contributed by atoms with van der Waals surface area (Å²) in [6.07, 6.45) is 44.5. The molecule has 1 atom stereocenters. The molecule has 292 valence electrons. The van der Waals surface area contributed by atoms with E-state index in [1.807, 2.05) is 0 Å². The lowest BCUT2D eigenvalue weighted by Gasteiger charge is -2.11. The van der Waals surface area contributed by atoms with Crippen molar-refractivity contribution in [3.8, 4) is 0 Å². The van der Waals surface area contributed by atoms with Gasteiger partial charge in [0, 0.05) is 0 Å². The Labute approximate surface area is 292 Å². The van der Waals surface area contributed by atoms with E-state index in [-0.39, 0.29) is 0 Å². The number of hydrogen-bond acceptors (Lipinski definition) is 4. The Morgan fingerprint density at radius 1 is 0.375 bits per heavy atom. The van der Waals surface area contributed by atoms with Gasteiger partial charge < -0.3 is 0 Å². The maximum absolute atomic E-state index is 11.5. The molecule has 14 heteroatoms. The van der Waals surface area contributed by atoms with Crippen molar-refractivity contribution >= 4 is 28.6 Å². The second kappa shape index (κ2) is 31.6. The second-order valence-corrected chi connectivity index (χ2v) is 18.0. The summed E-state index contributed by atoms with van der Waals surface area (Å²) in [4.78, 5) is 0. The molecule has 0 aromatic carbocycles. The van der Waals surface area contributed by atoms with Gasteiger partial charge in [-0.1, -0.05) is 185 Å². The molecule has 0 aromatic heterocycles. The summed E-state index contributed by atoms with van der Waals surface area (Å²) >= 11 is 0. The highest BCUT2D eigenvalue weighted by molar-refractivity contribution is 8.05. The van der Waals surface area contributed by atoms with E-state index in [1.54, 1.807) is 0 Å². The fourth-order valence-electron chi connectivity index (χ4n) is 5.25. The van der Waals surface area contributed by atoms with E-state index >= 15 is 0 Å². The average molecular weight is 764 g/mol. The number of hydrogen-bond donors (Lipinski definition) is 1. The Bertz CT molecular complexity index is 846. The predicted molar refractivity (Wildman–Crippen MR) is 192 cm³/mol. The summed E-state index contributed by atoms with van der Waals surface area (Å²) in [5.74, 6) is 0. The topological polar surface area (TPSA) is 80.3 Å². The van der Waals surface area contributed by atoms with Gasteiger partial charge in [-0.25, -0.2) is 16.8 Å². The van der Waals surface area contributed by atoms with Crippen molar-refractivity contribution in [1.82, 2.24) is 4.13 Å². The van der Waals surface area contributed by atoms with E-state index < -0.39 is 35.2 Å². The lowest BCUT2D eigenvalue weighted by atomic mass is 10.0. The summed E-state index contributed by atoms with van der Waals surface area (Å²) < 4.78 is 108. The van der Waals surface area contributed by atoms with Crippen molar-refractivity contribution in [3.63, 3.8) is 0 Å². The van der Waals surface area contributed by atoms with Crippen LogP contribution in [-0.2, 0) is 20.0 Å². The average Bonchev–Trinajstić information content (AvgIpc) is 2.99. The zero-order valence-electron chi connectivity index (χ0n) is 29.9. The van der Waals surface area contributed by atoms with Gasteiger partial charge in [-0.2, -0.15) is 26.3 Å². The Morgan fingerprint density at radius 3 is 0.750 bits per heavy atom. The minimum Gasteiger partial charge on any atom is -0.202 e. The smallest absolute Gasteiger partial charge is 0.202 e. The van der Waals surface area contributed by atoms with Crippen molar-refractivity contribution < 1.29 is 43.2 Å². The normalized spacial score (nSPS) is 12.9. The van der Waals surface area contributed by atoms with Gasteiger partial charge in [0.25, 0.3) is 0 Å². The van der Waals surface area contributed by atoms with E-state index in [0.29, 0.717) is 0 Å². The molecule has 0 aliphatic rings. The van der Waals surface area contributed by atoms with Crippen LogP contribution in [0.5, 0.6) is 0 Å². The molecule has 48 heavy (non-hydrogen) atoms. The van der Waals surface area contributed by atoms with E-state index in [0.717, 1.165) is 0 Å². The molecule has 0 saturated carbocycles. The molecule has 0 amide bonds. The van der Waals surface area contributed by atoms with Crippen LogP contribution in [-0.4, -0.2) is 40.2 Å². The number of rotatable bonds is 32. The summed E-state index contributed by atoms with van der Waals surface area (Å²) in [6, 6.07) is 0. The SMILES string of the molecule is CCCCCCCCCCCCCCCCCCPCCCCCCCCCCCCCC.O=S(=O)(NS(=O)(=O)C(F)(F)F)C(F)(F)F. The van der Waals surface area contributed by atoms with Crippen molar-refractivity contribution in [3.05, 3.63) is 0 Å². The van der Waals surface area contributed by atoms with Gasteiger partial charge in [-0.05, 0) is 25.2 Å². The monoisotopic (exact) mass is 763 g/mol. The predicted octanol–water partition coefficient (Wildman–Crippen LogP) is 12.9. The summed E-state index contributed by atoms with van der Waals surface area (Å²) in [5, 5.41) is 0. The quantitative estimate of drug-likeness (QED) is 0.0420. The maximum Gasteiger partial charge on any atom is 0.512 e.